The molecule has 2 spiro atoms. The zero-order chi connectivity index (χ0) is 39.3. The lowest BCUT2D eigenvalue weighted by molar-refractivity contribution is -0.171. The molecule has 18 heteroatoms. The largest absolute Gasteiger partial charge is 0.417 e. The summed E-state index contributed by atoms with van der Waals surface area (Å²) in [7, 11) is 0. The molecular weight excluding hydrogens is 754 g/mol. The number of benzene rings is 2. The molecule has 2 aromatic rings. The lowest BCUT2D eigenvalue weighted by Gasteiger charge is -2.41. The monoisotopic (exact) mass is 784 g/mol. The van der Waals surface area contributed by atoms with Gasteiger partial charge in [-0.25, -0.2) is 0 Å². The Kier molecular flexibility index (Phi) is 6.49. The first-order valence-corrected chi connectivity index (χ1v) is 18.3. The van der Waals surface area contributed by atoms with Crippen LogP contribution in [0.3, 0.4) is 0 Å². The Morgan fingerprint density at radius 2 is 1.05 bits per heavy atom. The van der Waals surface area contributed by atoms with Gasteiger partial charge in [0.15, 0.2) is 0 Å². The Labute approximate surface area is 313 Å². The van der Waals surface area contributed by atoms with Gasteiger partial charge in [-0.2, -0.15) is 36.9 Å². The number of carbonyl (C=O) groups excluding carboxylic acids is 2. The number of alkyl halides is 6. The number of ether oxygens (including phenoxy) is 6. The van der Waals surface area contributed by atoms with Gasteiger partial charge < -0.3 is 28.4 Å². The van der Waals surface area contributed by atoms with E-state index in [2.05, 4.69) is 0 Å². The second-order valence-electron chi connectivity index (χ2n) is 16.6. The summed E-state index contributed by atoms with van der Waals surface area (Å²) in [6.45, 7) is 4.38. The number of epoxide rings is 2. The Morgan fingerprint density at radius 1 is 0.661 bits per heavy atom. The molecule has 2 aromatic carbocycles. The third kappa shape index (κ3) is 4.00. The van der Waals surface area contributed by atoms with Crippen LogP contribution in [0.15, 0.2) is 36.4 Å². The van der Waals surface area contributed by atoms with Crippen molar-refractivity contribution in [3.8, 4) is 12.1 Å². The highest BCUT2D eigenvalue weighted by atomic mass is 19.4. The van der Waals surface area contributed by atoms with Crippen LogP contribution < -0.4 is 9.80 Å². The maximum absolute atomic E-state index is 13.4. The summed E-state index contributed by atoms with van der Waals surface area (Å²) in [6.07, 6.45) is -10.1. The Morgan fingerprint density at radius 3 is 1.41 bits per heavy atom. The van der Waals surface area contributed by atoms with Crippen molar-refractivity contribution >= 4 is 23.2 Å². The lowest BCUT2D eigenvalue weighted by atomic mass is 9.66. The first-order chi connectivity index (χ1) is 26.4. The van der Waals surface area contributed by atoms with Gasteiger partial charge in [0, 0.05) is 24.2 Å². The van der Waals surface area contributed by atoms with Crippen molar-refractivity contribution in [2.75, 3.05) is 23.0 Å². The zero-order valence-electron chi connectivity index (χ0n) is 29.4. The van der Waals surface area contributed by atoms with Crippen LogP contribution in [-0.4, -0.2) is 84.3 Å². The fraction of sp³-hybridized carbons (Fsp3) is 0.579. The van der Waals surface area contributed by atoms with Crippen LogP contribution in [0, 0.1) is 46.3 Å². The summed E-state index contributed by atoms with van der Waals surface area (Å²) in [5, 5.41) is 18.0. The average Bonchev–Trinajstić information content (AvgIpc) is 4.00. The van der Waals surface area contributed by atoms with E-state index in [-0.39, 0.29) is 59.4 Å². The highest BCUT2D eigenvalue weighted by molar-refractivity contribution is 6.01. The van der Waals surface area contributed by atoms with Crippen molar-refractivity contribution in [2.24, 2.45) is 23.7 Å². The van der Waals surface area contributed by atoms with E-state index in [9.17, 15) is 35.9 Å². The fourth-order valence-electron chi connectivity index (χ4n) is 12.0. The quantitative estimate of drug-likeness (QED) is 0.317. The van der Waals surface area contributed by atoms with E-state index in [4.69, 9.17) is 38.9 Å². The SMILES string of the molecule is C[C@@]12O[C@]3(CCO[C@@H]4[C@H]3[C@H]1C(=O)N4c1ccc(C#N)c(C(F)(F)F)c1)[C@@H]1O[C@@H]12.C[C@]12O[C@@]3(CCO[C@H]4[C@@H]3[C@@H]1C(=O)N4c1ccc(C#N)c(C(F)(F)F)c1)[C@H]1O[C@H]12. The molecule has 10 aliphatic heterocycles. The molecule has 4 bridgehead atoms. The predicted molar refractivity (Wildman–Crippen MR) is 172 cm³/mol. The first-order valence-electron chi connectivity index (χ1n) is 18.3. The molecule has 12 nitrogen and oxygen atoms in total. The van der Waals surface area contributed by atoms with Gasteiger partial charge in [-0.05, 0) is 50.2 Å². The predicted octanol–water partition coefficient (Wildman–Crippen LogP) is 4.42. The van der Waals surface area contributed by atoms with E-state index in [1.165, 1.54) is 21.9 Å². The molecule has 0 saturated carbocycles. The van der Waals surface area contributed by atoms with Crippen molar-refractivity contribution in [3.63, 3.8) is 0 Å². The normalized spacial score (nSPS) is 45.0. The molecule has 14 atom stereocenters. The number of hydrogen-bond acceptors (Lipinski definition) is 10. The molecule has 10 saturated heterocycles. The number of halogens is 6. The number of fused-ring (bicyclic) bond motifs is 8. The van der Waals surface area contributed by atoms with Crippen molar-refractivity contribution in [3.05, 3.63) is 58.7 Å². The third-order valence-corrected chi connectivity index (χ3v) is 14.1. The smallest absolute Gasteiger partial charge is 0.363 e. The van der Waals surface area contributed by atoms with Crippen molar-refractivity contribution in [2.45, 2.75) is 98.3 Å². The number of hydrogen-bond donors (Lipinski definition) is 0. The van der Waals surface area contributed by atoms with Crippen LogP contribution in [0.2, 0.25) is 0 Å². The Balaban J connectivity index is 0.000000130. The van der Waals surface area contributed by atoms with E-state index in [1.54, 1.807) is 12.1 Å². The van der Waals surface area contributed by atoms with Gasteiger partial charge in [0.1, 0.15) is 59.3 Å². The van der Waals surface area contributed by atoms with Gasteiger partial charge in [0.25, 0.3) is 0 Å². The molecule has 10 heterocycles. The van der Waals surface area contributed by atoms with Gasteiger partial charge in [-0.3, -0.25) is 19.4 Å². The fourth-order valence-corrected chi connectivity index (χ4v) is 12.0. The number of nitriles is 2. The number of anilines is 2. The lowest BCUT2D eigenvalue weighted by Crippen LogP contribution is -2.54. The molecule has 0 aromatic heterocycles. The molecule has 10 fully saturated rings. The number of carbonyl (C=O) groups is 2. The highest BCUT2D eigenvalue weighted by Crippen LogP contribution is 2.73. The molecule has 0 aliphatic carbocycles. The van der Waals surface area contributed by atoms with Crippen LogP contribution >= 0.6 is 0 Å². The summed E-state index contributed by atoms with van der Waals surface area (Å²) in [5.74, 6) is -2.24. The summed E-state index contributed by atoms with van der Waals surface area (Å²) < 4.78 is 117. The third-order valence-electron chi connectivity index (χ3n) is 14.1. The molecule has 0 N–H and O–H groups in total. The molecular formula is C38H30F6N4O8. The van der Waals surface area contributed by atoms with Crippen LogP contribution in [0.25, 0.3) is 0 Å². The minimum atomic E-state index is -4.70. The molecule has 292 valence electrons. The highest BCUT2D eigenvalue weighted by Gasteiger charge is 2.89. The van der Waals surface area contributed by atoms with E-state index < -0.39 is 81.3 Å². The maximum atomic E-state index is 13.4. The van der Waals surface area contributed by atoms with E-state index in [1.807, 2.05) is 13.8 Å². The Hall–Kier alpha value is -4.30. The second-order valence-corrected chi connectivity index (χ2v) is 16.6. The molecule has 0 unspecified atom stereocenters. The van der Waals surface area contributed by atoms with Crippen molar-refractivity contribution in [1.29, 1.82) is 10.5 Å². The van der Waals surface area contributed by atoms with E-state index in [0.717, 1.165) is 24.3 Å². The van der Waals surface area contributed by atoms with Crippen LogP contribution in [-0.2, 0) is 50.4 Å². The summed E-state index contributed by atoms with van der Waals surface area (Å²) in [6, 6.07) is 9.81. The average molecular weight is 785 g/mol. The number of nitrogens with zero attached hydrogens (tertiary/aromatic N) is 4. The summed E-state index contributed by atoms with van der Waals surface area (Å²) >= 11 is 0. The van der Waals surface area contributed by atoms with Crippen LogP contribution in [0.5, 0.6) is 0 Å². The molecule has 56 heavy (non-hydrogen) atoms. The Bertz CT molecular complexity index is 2110. The molecule has 0 radical (unpaired) electrons. The minimum Gasteiger partial charge on any atom is -0.363 e. The zero-order valence-corrected chi connectivity index (χ0v) is 29.4. The summed E-state index contributed by atoms with van der Waals surface area (Å²) in [5.41, 5.74) is -5.69. The van der Waals surface area contributed by atoms with E-state index in [0.29, 0.717) is 26.1 Å². The standard InChI is InChI=1S/2C19H15F3N2O4/c2*1-17-11-12-16(26-5-4-18(12,28-17)14-13(17)27-14)24(15(11)25)9-3-2-8(7-23)10(6-9)19(20,21)22/h2*2-3,6,11-14,16H,4-5H2,1H3/t2*11-,12+,13-,14+,16+,17+,18-/m10/s1. The van der Waals surface area contributed by atoms with Gasteiger partial charge in [-0.1, -0.05) is 0 Å². The van der Waals surface area contributed by atoms with Crippen LogP contribution in [0.1, 0.15) is 48.9 Å². The van der Waals surface area contributed by atoms with Crippen molar-refractivity contribution in [1.82, 2.24) is 0 Å². The van der Waals surface area contributed by atoms with Crippen LogP contribution in [0.4, 0.5) is 37.7 Å². The first kappa shape index (κ1) is 34.9. The van der Waals surface area contributed by atoms with Crippen molar-refractivity contribution < 1.29 is 64.4 Å². The van der Waals surface area contributed by atoms with Gasteiger partial charge in [-0.15, -0.1) is 0 Å². The summed E-state index contributed by atoms with van der Waals surface area (Å²) in [4.78, 5) is 29.4. The number of amides is 2. The topological polar surface area (TPSA) is 150 Å². The minimum absolute atomic E-state index is 0.0791. The second kappa shape index (κ2) is 10.4. The molecule has 2 amide bonds. The van der Waals surface area contributed by atoms with Gasteiger partial charge in [0.2, 0.25) is 11.8 Å². The van der Waals surface area contributed by atoms with E-state index >= 15 is 0 Å². The molecule has 10 aliphatic rings. The number of rotatable bonds is 2. The van der Waals surface area contributed by atoms with Gasteiger partial charge >= 0.3 is 12.4 Å². The molecule has 12 rings (SSSR count). The van der Waals surface area contributed by atoms with Gasteiger partial charge in [0.05, 0.1) is 71.3 Å². The maximum Gasteiger partial charge on any atom is 0.417 e.